The van der Waals surface area contributed by atoms with Gasteiger partial charge in [0.2, 0.25) is 0 Å². The highest BCUT2D eigenvalue weighted by atomic mass is 35.5. The van der Waals surface area contributed by atoms with E-state index in [4.69, 9.17) is 21.1 Å². The van der Waals surface area contributed by atoms with Gasteiger partial charge < -0.3 is 9.47 Å². The number of nitrogens with zero attached hydrogens (tertiary/aromatic N) is 1. The number of nitro groups is 1. The number of rotatable bonds is 3. The minimum Gasteiger partial charge on any atom is -0.345 e. The van der Waals surface area contributed by atoms with Crippen LogP contribution in [0.1, 0.15) is 23.5 Å². The topological polar surface area (TPSA) is 61.6 Å². The number of hydrogen-bond acceptors (Lipinski definition) is 4. The molecule has 0 radical (unpaired) electrons. The molecule has 1 heterocycles. The highest BCUT2D eigenvalue weighted by Crippen LogP contribution is 2.35. The van der Waals surface area contributed by atoms with Gasteiger partial charge in [0.25, 0.3) is 5.69 Å². The fraction of sp³-hybridized carbons (Fsp3) is 0.200. The van der Waals surface area contributed by atoms with Crippen molar-refractivity contribution in [2.45, 2.75) is 12.4 Å². The third-order valence-electron chi connectivity index (χ3n) is 3.30. The lowest BCUT2D eigenvalue weighted by atomic mass is 10.1. The molecule has 2 aromatic carbocycles. The zero-order chi connectivity index (χ0) is 14.8. The second-order valence-corrected chi connectivity index (χ2v) is 5.13. The van der Waals surface area contributed by atoms with Crippen LogP contribution < -0.4 is 0 Å². The molecule has 2 atom stereocenters. The Hall–Kier alpha value is -1.95. The highest BCUT2D eigenvalue weighted by Gasteiger charge is 2.28. The Bertz CT molecular complexity index is 642. The van der Waals surface area contributed by atoms with Gasteiger partial charge in [-0.25, -0.2) is 0 Å². The standard InChI is InChI=1S/C15H12ClNO4/c16-12-5-1-11(2-6-12)15-20-9-14(21-15)10-3-7-13(8-4-10)17(18)19/h1-8,14-15H,9H2/t14-,15+/m1/s1. The van der Waals surface area contributed by atoms with E-state index in [0.29, 0.717) is 11.6 Å². The first-order chi connectivity index (χ1) is 10.1. The normalized spacial score (nSPS) is 21.4. The van der Waals surface area contributed by atoms with E-state index < -0.39 is 11.2 Å². The van der Waals surface area contributed by atoms with Crippen LogP contribution in [0.5, 0.6) is 0 Å². The maximum Gasteiger partial charge on any atom is 0.269 e. The third-order valence-corrected chi connectivity index (χ3v) is 3.56. The molecule has 108 valence electrons. The third kappa shape index (κ3) is 3.05. The maximum absolute atomic E-state index is 10.6. The Balaban J connectivity index is 1.71. The van der Waals surface area contributed by atoms with Gasteiger partial charge in [-0.05, 0) is 29.8 Å². The number of halogens is 1. The van der Waals surface area contributed by atoms with Crippen LogP contribution >= 0.6 is 11.6 Å². The Labute approximate surface area is 126 Å². The van der Waals surface area contributed by atoms with Crippen molar-refractivity contribution in [3.63, 3.8) is 0 Å². The van der Waals surface area contributed by atoms with Crippen molar-refractivity contribution in [1.29, 1.82) is 0 Å². The van der Waals surface area contributed by atoms with Crippen LogP contribution in [-0.4, -0.2) is 11.5 Å². The van der Waals surface area contributed by atoms with E-state index >= 15 is 0 Å². The van der Waals surface area contributed by atoms with E-state index in [2.05, 4.69) is 0 Å². The molecule has 1 aliphatic heterocycles. The van der Waals surface area contributed by atoms with Crippen molar-refractivity contribution >= 4 is 17.3 Å². The number of benzene rings is 2. The van der Waals surface area contributed by atoms with E-state index in [9.17, 15) is 10.1 Å². The van der Waals surface area contributed by atoms with Crippen LogP contribution in [-0.2, 0) is 9.47 Å². The molecule has 0 unspecified atom stereocenters. The molecule has 1 fully saturated rings. The van der Waals surface area contributed by atoms with E-state index in [1.807, 2.05) is 12.1 Å². The van der Waals surface area contributed by atoms with Gasteiger partial charge in [0.05, 0.1) is 11.5 Å². The van der Waals surface area contributed by atoms with Gasteiger partial charge in [-0.1, -0.05) is 23.7 Å². The molecule has 2 aromatic rings. The number of hydrogen-bond donors (Lipinski definition) is 0. The molecule has 0 bridgehead atoms. The zero-order valence-corrected chi connectivity index (χ0v) is 11.7. The number of ether oxygens (including phenoxy) is 2. The Morgan fingerprint density at radius 1 is 1.05 bits per heavy atom. The summed E-state index contributed by atoms with van der Waals surface area (Å²) in [5, 5.41) is 11.3. The summed E-state index contributed by atoms with van der Waals surface area (Å²) in [6, 6.07) is 13.6. The molecule has 1 saturated heterocycles. The van der Waals surface area contributed by atoms with Crippen LogP contribution in [0.15, 0.2) is 48.5 Å². The predicted molar refractivity (Wildman–Crippen MR) is 77.1 cm³/mol. The summed E-state index contributed by atoms with van der Waals surface area (Å²) < 4.78 is 11.5. The Morgan fingerprint density at radius 2 is 1.67 bits per heavy atom. The second-order valence-electron chi connectivity index (χ2n) is 4.69. The molecule has 0 amide bonds. The number of non-ortho nitro benzene ring substituents is 1. The summed E-state index contributed by atoms with van der Waals surface area (Å²) in [6.45, 7) is 0.408. The number of nitro benzene ring substituents is 1. The minimum absolute atomic E-state index is 0.0620. The van der Waals surface area contributed by atoms with E-state index in [0.717, 1.165) is 11.1 Å². The van der Waals surface area contributed by atoms with Crippen LogP contribution in [0.25, 0.3) is 0 Å². The minimum atomic E-state index is -0.442. The fourth-order valence-corrected chi connectivity index (χ4v) is 2.31. The molecule has 3 rings (SSSR count). The predicted octanol–water partition coefficient (Wildman–Crippen LogP) is 4.03. The molecule has 0 N–H and O–H groups in total. The van der Waals surface area contributed by atoms with Gasteiger partial charge in [0.1, 0.15) is 6.10 Å². The molecule has 21 heavy (non-hydrogen) atoms. The summed E-state index contributed by atoms with van der Waals surface area (Å²) in [6.07, 6.45) is -0.672. The van der Waals surface area contributed by atoms with Crippen molar-refractivity contribution in [3.05, 3.63) is 74.8 Å². The molecule has 5 nitrogen and oxygen atoms in total. The summed E-state index contributed by atoms with van der Waals surface area (Å²) in [4.78, 5) is 10.2. The Morgan fingerprint density at radius 3 is 2.29 bits per heavy atom. The molecule has 0 aromatic heterocycles. The SMILES string of the molecule is O=[N+]([O-])c1ccc([C@H]2CO[C@H](c3ccc(Cl)cc3)O2)cc1. The molecule has 0 saturated carbocycles. The molecular formula is C15H12ClNO4. The molecule has 6 heteroatoms. The lowest BCUT2D eigenvalue weighted by Crippen LogP contribution is -2.01. The van der Waals surface area contributed by atoms with Gasteiger partial charge in [0, 0.05) is 22.7 Å². The van der Waals surface area contributed by atoms with Gasteiger partial charge >= 0.3 is 0 Å². The average molecular weight is 306 g/mol. The highest BCUT2D eigenvalue weighted by molar-refractivity contribution is 6.30. The summed E-state index contributed by atoms with van der Waals surface area (Å²) in [5.41, 5.74) is 1.81. The lowest BCUT2D eigenvalue weighted by Gasteiger charge is -2.12. The molecule has 0 spiro atoms. The van der Waals surface area contributed by atoms with Gasteiger partial charge in [0.15, 0.2) is 6.29 Å². The maximum atomic E-state index is 10.6. The van der Waals surface area contributed by atoms with Crippen molar-refractivity contribution in [3.8, 4) is 0 Å². The van der Waals surface area contributed by atoms with Crippen LogP contribution in [0.2, 0.25) is 5.02 Å². The van der Waals surface area contributed by atoms with Crippen LogP contribution in [0, 0.1) is 10.1 Å². The van der Waals surface area contributed by atoms with Crippen molar-refractivity contribution in [1.82, 2.24) is 0 Å². The van der Waals surface area contributed by atoms with Crippen molar-refractivity contribution in [2.75, 3.05) is 6.61 Å². The first-order valence-corrected chi connectivity index (χ1v) is 6.78. The van der Waals surface area contributed by atoms with E-state index in [-0.39, 0.29) is 11.8 Å². The molecular weight excluding hydrogens is 294 g/mol. The fourth-order valence-electron chi connectivity index (χ4n) is 2.18. The summed E-state index contributed by atoms with van der Waals surface area (Å²) in [5.74, 6) is 0. The Kier molecular flexibility index (Phi) is 3.88. The average Bonchev–Trinajstić information content (AvgIpc) is 2.98. The van der Waals surface area contributed by atoms with Crippen LogP contribution in [0.3, 0.4) is 0 Å². The van der Waals surface area contributed by atoms with Gasteiger partial charge in [-0.3, -0.25) is 10.1 Å². The van der Waals surface area contributed by atoms with E-state index in [1.165, 1.54) is 12.1 Å². The van der Waals surface area contributed by atoms with E-state index in [1.54, 1.807) is 24.3 Å². The second kappa shape index (κ2) is 5.81. The monoisotopic (exact) mass is 305 g/mol. The van der Waals surface area contributed by atoms with Gasteiger partial charge in [-0.15, -0.1) is 0 Å². The van der Waals surface area contributed by atoms with Gasteiger partial charge in [-0.2, -0.15) is 0 Å². The van der Waals surface area contributed by atoms with Crippen molar-refractivity contribution < 1.29 is 14.4 Å². The quantitative estimate of drug-likeness (QED) is 0.634. The molecule has 0 aliphatic carbocycles. The first kappa shape index (κ1) is 14.0. The first-order valence-electron chi connectivity index (χ1n) is 6.40. The molecule has 1 aliphatic rings. The van der Waals surface area contributed by atoms with Crippen LogP contribution in [0.4, 0.5) is 5.69 Å². The zero-order valence-electron chi connectivity index (χ0n) is 10.9. The lowest BCUT2D eigenvalue weighted by molar-refractivity contribution is -0.384. The van der Waals surface area contributed by atoms with Crippen molar-refractivity contribution in [2.24, 2.45) is 0 Å². The smallest absolute Gasteiger partial charge is 0.269 e. The summed E-state index contributed by atoms with van der Waals surface area (Å²) in [7, 11) is 0. The largest absolute Gasteiger partial charge is 0.345 e. The summed E-state index contributed by atoms with van der Waals surface area (Å²) >= 11 is 5.85.